The van der Waals surface area contributed by atoms with Gasteiger partial charge in [-0.3, -0.25) is 0 Å². The monoisotopic (exact) mass is 447 g/mol. The van der Waals surface area contributed by atoms with E-state index in [0.717, 1.165) is 43.4 Å². The molecule has 0 bridgehead atoms. The third kappa shape index (κ3) is 6.84. The molecule has 1 aromatic carbocycles. The summed E-state index contributed by atoms with van der Waals surface area (Å²) in [4.78, 5) is 4.66. The lowest BCUT2D eigenvalue weighted by atomic mass is 10.1. The number of rotatable bonds is 7. The van der Waals surface area contributed by atoms with E-state index in [1.54, 1.807) is 7.11 Å². The van der Waals surface area contributed by atoms with Crippen LogP contribution in [0.3, 0.4) is 0 Å². The molecule has 5 nitrogen and oxygen atoms in total. The van der Waals surface area contributed by atoms with Crippen molar-refractivity contribution < 1.29 is 9.47 Å². The van der Waals surface area contributed by atoms with Gasteiger partial charge in [0.25, 0.3) is 0 Å². The van der Waals surface area contributed by atoms with E-state index < -0.39 is 0 Å². The van der Waals surface area contributed by atoms with Crippen LogP contribution in [0.15, 0.2) is 23.2 Å². The van der Waals surface area contributed by atoms with Crippen LogP contribution in [0.2, 0.25) is 0 Å². The van der Waals surface area contributed by atoms with Crippen LogP contribution in [0.25, 0.3) is 0 Å². The van der Waals surface area contributed by atoms with Crippen LogP contribution >= 0.6 is 24.0 Å². The number of benzene rings is 1. The molecule has 0 aliphatic carbocycles. The lowest BCUT2D eigenvalue weighted by Gasteiger charge is -2.14. The van der Waals surface area contributed by atoms with Crippen molar-refractivity contribution >= 4 is 29.9 Å². The van der Waals surface area contributed by atoms with Crippen LogP contribution in [0, 0.1) is 6.92 Å². The SMILES string of the molecule is CCNC(=NCc1ccc(C)cc1OC)NCCC1CCCO1.I. The number of halogens is 1. The summed E-state index contributed by atoms with van der Waals surface area (Å²) in [5.74, 6) is 1.73. The van der Waals surface area contributed by atoms with Gasteiger partial charge in [0.2, 0.25) is 0 Å². The van der Waals surface area contributed by atoms with Gasteiger partial charge in [-0.1, -0.05) is 12.1 Å². The summed E-state index contributed by atoms with van der Waals surface area (Å²) < 4.78 is 11.1. The number of ether oxygens (including phenoxy) is 2. The third-order valence-electron chi connectivity index (χ3n) is 3.98. The van der Waals surface area contributed by atoms with E-state index >= 15 is 0 Å². The number of aryl methyl sites for hydroxylation is 1. The predicted molar refractivity (Wildman–Crippen MR) is 110 cm³/mol. The molecule has 0 aromatic heterocycles. The smallest absolute Gasteiger partial charge is 0.191 e. The molecule has 1 heterocycles. The second-order valence-electron chi connectivity index (χ2n) is 5.86. The van der Waals surface area contributed by atoms with Crippen molar-refractivity contribution in [2.75, 3.05) is 26.8 Å². The van der Waals surface area contributed by atoms with Crippen molar-refractivity contribution in [1.82, 2.24) is 10.6 Å². The Hall–Kier alpha value is -1.02. The Morgan fingerprint density at radius 2 is 2.21 bits per heavy atom. The molecule has 2 rings (SSSR count). The maximum absolute atomic E-state index is 5.65. The normalized spacial score (nSPS) is 17.3. The number of methoxy groups -OCH3 is 1. The molecule has 136 valence electrons. The fourth-order valence-corrected chi connectivity index (χ4v) is 2.71. The van der Waals surface area contributed by atoms with E-state index in [9.17, 15) is 0 Å². The van der Waals surface area contributed by atoms with Gasteiger partial charge in [-0.15, -0.1) is 24.0 Å². The first-order valence-electron chi connectivity index (χ1n) is 8.50. The van der Waals surface area contributed by atoms with Gasteiger partial charge in [0.15, 0.2) is 5.96 Å². The Labute approximate surface area is 162 Å². The van der Waals surface area contributed by atoms with Crippen LogP contribution in [0.5, 0.6) is 5.75 Å². The quantitative estimate of drug-likeness (QED) is 0.383. The second-order valence-corrected chi connectivity index (χ2v) is 5.86. The Morgan fingerprint density at radius 1 is 1.38 bits per heavy atom. The number of hydrogen-bond acceptors (Lipinski definition) is 3. The highest BCUT2D eigenvalue weighted by Crippen LogP contribution is 2.20. The summed E-state index contributed by atoms with van der Waals surface area (Å²) in [5.41, 5.74) is 2.28. The summed E-state index contributed by atoms with van der Waals surface area (Å²) in [7, 11) is 1.70. The first kappa shape index (κ1) is 21.0. The zero-order chi connectivity index (χ0) is 16.5. The first-order chi connectivity index (χ1) is 11.2. The summed E-state index contributed by atoms with van der Waals surface area (Å²) in [5, 5.41) is 6.67. The Kier molecular flexibility index (Phi) is 10.1. The van der Waals surface area contributed by atoms with Crippen molar-refractivity contribution in [3.8, 4) is 5.75 Å². The molecule has 1 aromatic rings. The lowest BCUT2D eigenvalue weighted by molar-refractivity contribution is 0.105. The predicted octanol–water partition coefficient (Wildman–Crippen LogP) is 3.25. The molecular formula is C18H30IN3O2. The lowest BCUT2D eigenvalue weighted by Crippen LogP contribution is -2.38. The Bertz CT molecular complexity index is 517. The molecule has 0 saturated carbocycles. The molecule has 1 atom stereocenters. The third-order valence-corrected chi connectivity index (χ3v) is 3.98. The average molecular weight is 447 g/mol. The minimum atomic E-state index is 0. The maximum atomic E-state index is 5.65. The molecule has 1 aliphatic rings. The van der Waals surface area contributed by atoms with Crippen molar-refractivity contribution in [2.24, 2.45) is 4.99 Å². The van der Waals surface area contributed by atoms with Gasteiger partial charge in [0.05, 0.1) is 19.8 Å². The van der Waals surface area contributed by atoms with E-state index in [1.807, 2.05) is 6.07 Å². The zero-order valence-electron chi connectivity index (χ0n) is 14.9. The molecular weight excluding hydrogens is 417 g/mol. The average Bonchev–Trinajstić information content (AvgIpc) is 3.06. The summed E-state index contributed by atoms with van der Waals surface area (Å²) in [6.07, 6.45) is 3.79. The molecule has 1 saturated heterocycles. The highest BCUT2D eigenvalue weighted by Gasteiger charge is 2.14. The minimum Gasteiger partial charge on any atom is -0.496 e. The molecule has 6 heteroatoms. The van der Waals surface area contributed by atoms with Crippen molar-refractivity contribution in [1.29, 1.82) is 0 Å². The number of guanidine groups is 1. The zero-order valence-corrected chi connectivity index (χ0v) is 17.3. The summed E-state index contributed by atoms with van der Waals surface area (Å²) in [6, 6.07) is 6.21. The maximum Gasteiger partial charge on any atom is 0.191 e. The standard InChI is InChI=1S/C18H29N3O2.HI/c1-4-19-18(20-10-9-16-6-5-11-23-16)21-13-15-8-7-14(2)12-17(15)22-3;/h7-8,12,16H,4-6,9-11,13H2,1-3H3,(H2,19,20,21);1H. The van der Waals surface area contributed by atoms with Gasteiger partial charge in [0, 0.05) is 25.3 Å². The molecule has 2 N–H and O–H groups in total. The Balaban J connectivity index is 0.00000288. The van der Waals surface area contributed by atoms with Gasteiger partial charge in [-0.05, 0) is 44.7 Å². The van der Waals surface area contributed by atoms with E-state index in [4.69, 9.17) is 9.47 Å². The van der Waals surface area contributed by atoms with Gasteiger partial charge >= 0.3 is 0 Å². The first-order valence-corrected chi connectivity index (χ1v) is 8.50. The second kappa shape index (κ2) is 11.5. The topological polar surface area (TPSA) is 54.9 Å². The van der Waals surface area contributed by atoms with Gasteiger partial charge < -0.3 is 20.1 Å². The summed E-state index contributed by atoms with van der Waals surface area (Å²) >= 11 is 0. The Morgan fingerprint density at radius 3 is 2.88 bits per heavy atom. The van der Waals surface area contributed by atoms with Crippen LogP contribution in [-0.4, -0.2) is 38.9 Å². The van der Waals surface area contributed by atoms with Crippen molar-refractivity contribution in [3.63, 3.8) is 0 Å². The summed E-state index contributed by atoms with van der Waals surface area (Å²) in [6.45, 7) is 7.36. The molecule has 1 fully saturated rings. The van der Waals surface area contributed by atoms with Crippen molar-refractivity contribution in [2.45, 2.75) is 45.8 Å². The fourth-order valence-electron chi connectivity index (χ4n) is 2.71. The number of nitrogens with zero attached hydrogens (tertiary/aromatic N) is 1. The van der Waals surface area contributed by atoms with E-state index in [-0.39, 0.29) is 24.0 Å². The van der Waals surface area contributed by atoms with E-state index in [0.29, 0.717) is 12.6 Å². The molecule has 24 heavy (non-hydrogen) atoms. The highest BCUT2D eigenvalue weighted by molar-refractivity contribution is 14.0. The molecule has 1 aliphatic heterocycles. The van der Waals surface area contributed by atoms with E-state index in [2.05, 4.69) is 41.6 Å². The van der Waals surface area contributed by atoms with Crippen LogP contribution in [-0.2, 0) is 11.3 Å². The molecule has 0 radical (unpaired) electrons. The van der Waals surface area contributed by atoms with Crippen LogP contribution in [0.4, 0.5) is 0 Å². The van der Waals surface area contributed by atoms with E-state index in [1.165, 1.54) is 18.4 Å². The number of aliphatic imine (C=N–C) groups is 1. The fraction of sp³-hybridized carbons (Fsp3) is 0.611. The molecule has 0 spiro atoms. The van der Waals surface area contributed by atoms with Gasteiger partial charge in [0.1, 0.15) is 5.75 Å². The number of hydrogen-bond donors (Lipinski definition) is 2. The molecule has 1 unspecified atom stereocenters. The van der Waals surface area contributed by atoms with Crippen LogP contribution < -0.4 is 15.4 Å². The van der Waals surface area contributed by atoms with Gasteiger partial charge in [-0.25, -0.2) is 4.99 Å². The number of nitrogens with one attached hydrogen (secondary N) is 2. The highest BCUT2D eigenvalue weighted by atomic mass is 127. The van der Waals surface area contributed by atoms with Crippen LogP contribution in [0.1, 0.15) is 37.3 Å². The minimum absolute atomic E-state index is 0. The van der Waals surface area contributed by atoms with Gasteiger partial charge in [-0.2, -0.15) is 0 Å². The largest absolute Gasteiger partial charge is 0.496 e. The van der Waals surface area contributed by atoms with Crippen molar-refractivity contribution in [3.05, 3.63) is 29.3 Å². The molecule has 0 amide bonds.